The third-order valence-corrected chi connectivity index (χ3v) is 4.92. The largest absolute Gasteiger partial charge is 0.467 e. The molecule has 2 heterocycles. The van der Waals surface area contributed by atoms with Crippen LogP contribution in [0.2, 0.25) is 0 Å². The summed E-state index contributed by atoms with van der Waals surface area (Å²) in [5.41, 5.74) is 3.91. The second kappa shape index (κ2) is 9.91. The lowest BCUT2D eigenvalue weighted by atomic mass is 10.1. The number of hydrogen-bond donors (Lipinski definition) is 1. The highest BCUT2D eigenvalue weighted by Crippen LogP contribution is 2.15. The van der Waals surface area contributed by atoms with Gasteiger partial charge in [0.2, 0.25) is 5.89 Å². The maximum absolute atomic E-state index is 12.4. The molecule has 0 spiro atoms. The van der Waals surface area contributed by atoms with E-state index < -0.39 is 0 Å². The molecule has 0 radical (unpaired) electrons. The summed E-state index contributed by atoms with van der Waals surface area (Å²) in [6.45, 7) is 4.38. The van der Waals surface area contributed by atoms with Crippen LogP contribution in [0.25, 0.3) is 0 Å². The molecule has 1 amide bonds. The number of hydrogen-bond acceptors (Lipinski definition) is 5. The molecule has 6 heteroatoms. The summed E-state index contributed by atoms with van der Waals surface area (Å²) in [5.74, 6) is 0.898. The Bertz CT molecular complexity index is 1090. The summed E-state index contributed by atoms with van der Waals surface area (Å²) in [4.78, 5) is 19.0. The van der Waals surface area contributed by atoms with E-state index in [1.54, 1.807) is 18.4 Å². The maximum Gasteiger partial charge on any atom is 0.273 e. The van der Waals surface area contributed by atoms with Gasteiger partial charge in [0.1, 0.15) is 12.0 Å². The van der Waals surface area contributed by atoms with Gasteiger partial charge < -0.3 is 14.2 Å². The van der Waals surface area contributed by atoms with Gasteiger partial charge in [-0.1, -0.05) is 60.2 Å². The smallest absolute Gasteiger partial charge is 0.273 e. The van der Waals surface area contributed by atoms with Crippen molar-refractivity contribution in [2.24, 2.45) is 0 Å². The van der Waals surface area contributed by atoms with Crippen molar-refractivity contribution >= 4 is 5.91 Å². The average Bonchev–Trinajstić information content (AvgIpc) is 3.47. The molecule has 158 valence electrons. The van der Waals surface area contributed by atoms with E-state index in [1.807, 2.05) is 18.2 Å². The molecule has 4 rings (SSSR count). The number of aromatic nitrogens is 1. The van der Waals surface area contributed by atoms with E-state index in [-0.39, 0.29) is 11.6 Å². The molecular weight excluding hydrogens is 390 g/mol. The Hall–Kier alpha value is -3.64. The lowest BCUT2D eigenvalue weighted by Gasteiger charge is -2.21. The van der Waals surface area contributed by atoms with Crippen LogP contribution in [0, 0.1) is 6.92 Å². The van der Waals surface area contributed by atoms with Crippen LogP contribution in [0.3, 0.4) is 0 Å². The Balaban J connectivity index is 1.43. The van der Waals surface area contributed by atoms with E-state index in [4.69, 9.17) is 8.83 Å². The fourth-order valence-electron chi connectivity index (χ4n) is 3.31. The average molecular weight is 415 g/mol. The molecule has 2 aromatic heterocycles. The molecule has 0 saturated heterocycles. The number of carbonyl (C=O) groups is 1. The molecule has 0 fully saturated rings. The van der Waals surface area contributed by atoms with Gasteiger partial charge in [0, 0.05) is 13.1 Å². The van der Waals surface area contributed by atoms with Crippen molar-refractivity contribution in [1.82, 2.24) is 15.2 Å². The zero-order valence-corrected chi connectivity index (χ0v) is 17.5. The van der Waals surface area contributed by atoms with Gasteiger partial charge >= 0.3 is 0 Å². The molecule has 0 aliphatic rings. The monoisotopic (exact) mass is 415 g/mol. The summed E-state index contributed by atoms with van der Waals surface area (Å²) >= 11 is 0. The molecule has 0 aliphatic carbocycles. The minimum atomic E-state index is -0.292. The minimum Gasteiger partial charge on any atom is -0.467 e. The van der Waals surface area contributed by atoms with Crippen molar-refractivity contribution in [3.63, 3.8) is 0 Å². The molecule has 0 saturated carbocycles. The van der Waals surface area contributed by atoms with Gasteiger partial charge in [-0.3, -0.25) is 9.69 Å². The number of furan rings is 1. The third kappa shape index (κ3) is 5.93. The summed E-state index contributed by atoms with van der Waals surface area (Å²) in [6.07, 6.45) is 2.98. The molecule has 0 aliphatic heterocycles. The van der Waals surface area contributed by atoms with E-state index >= 15 is 0 Å². The van der Waals surface area contributed by atoms with Crippen LogP contribution in [-0.2, 0) is 26.2 Å². The predicted octanol–water partition coefficient (Wildman–Crippen LogP) is 4.71. The van der Waals surface area contributed by atoms with Crippen molar-refractivity contribution in [1.29, 1.82) is 0 Å². The third-order valence-electron chi connectivity index (χ3n) is 4.92. The van der Waals surface area contributed by atoms with Crippen LogP contribution in [0.1, 0.15) is 38.8 Å². The molecule has 0 atom stereocenters. The molecule has 4 aromatic rings. The highest BCUT2D eigenvalue weighted by Gasteiger charge is 2.16. The first-order valence-electron chi connectivity index (χ1n) is 10.2. The number of amides is 1. The summed E-state index contributed by atoms with van der Waals surface area (Å²) in [5, 5.41) is 2.78. The number of nitrogens with zero attached hydrogens (tertiary/aromatic N) is 2. The molecule has 0 unspecified atom stereocenters. The van der Waals surface area contributed by atoms with Crippen molar-refractivity contribution in [3.8, 4) is 0 Å². The van der Waals surface area contributed by atoms with E-state index in [0.717, 1.165) is 13.1 Å². The lowest BCUT2D eigenvalue weighted by molar-refractivity contribution is 0.0943. The van der Waals surface area contributed by atoms with Gasteiger partial charge in [-0.25, -0.2) is 4.98 Å². The van der Waals surface area contributed by atoms with Crippen LogP contribution >= 0.6 is 0 Å². The first kappa shape index (κ1) is 20.6. The quantitative estimate of drug-likeness (QED) is 0.429. The Kier molecular flexibility index (Phi) is 6.59. The highest BCUT2D eigenvalue weighted by atomic mass is 16.3. The first-order valence-corrected chi connectivity index (χ1v) is 10.2. The number of carbonyl (C=O) groups excluding carboxylic acids is 1. The summed E-state index contributed by atoms with van der Waals surface area (Å²) in [6, 6.07) is 22.4. The first-order chi connectivity index (χ1) is 15.2. The van der Waals surface area contributed by atoms with Crippen molar-refractivity contribution in [2.45, 2.75) is 33.1 Å². The Morgan fingerprint density at radius 1 is 0.903 bits per heavy atom. The van der Waals surface area contributed by atoms with Crippen molar-refractivity contribution in [3.05, 3.63) is 113 Å². The molecule has 0 bridgehead atoms. The fraction of sp³-hybridized carbons (Fsp3) is 0.200. The molecule has 1 N–H and O–H groups in total. The van der Waals surface area contributed by atoms with Crippen LogP contribution in [0.4, 0.5) is 0 Å². The zero-order chi connectivity index (χ0) is 21.5. The van der Waals surface area contributed by atoms with Gasteiger partial charge in [0.15, 0.2) is 5.69 Å². The Morgan fingerprint density at radius 3 is 2.35 bits per heavy atom. The maximum atomic E-state index is 12.4. The van der Waals surface area contributed by atoms with E-state index in [9.17, 15) is 4.79 Å². The predicted molar refractivity (Wildman–Crippen MR) is 117 cm³/mol. The Labute approximate surface area is 181 Å². The number of rotatable bonds is 9. The zero-order valence-electron chi connectivity index (χ0n) is 17.5. The van der Waals surface area contributed by atoms with Crippen LogP contribution in [0.5, 0.6) is 0 Å². The minimum absolute atomic E-state index is 0.261. The van der Waals surface area contributed by atoms with Gasteiger partial charge in [0.25, 0.3) is 5.91 Å². The van der Waals surface area contributed by atoms with Crippen molar-refractivity contribution < 1.29 is 13.6 Å². The lowest BCUT2D eigenvalue weighted by Crippen LogP contribution is -2.24. The number of nitrogens with one attached hydrogen (secondary N) is 1. The van der Waals surface area contributed by atoms with E-state index in [1.165, 1.54) is 23.0 Å². The van der Waals surface area contributed by atoms with Crippen LogP contribution < -0.4 is 5.32 Å². The standard InChI is InChI=1S/C25H25N3O3/c1-19-9-11-21(12-10-19)16-28(15-20-6-3-2-4-7-20)17-24-27-23(18-31-24)25(29)26-14-22-8-5-13-30-22/h2-13,18H,14-17H2,1H3,(H,26,29). The van der Waals surface area contributed by atoms with Gasteiger partial charge in [-0.15, -0.1) is 0 Å². The highest BCUT2D eigenvalue weighted by molar-refractivity contribution is 5.91. The normalized spacial score (nSPS) is 11.0. The molecular formula is C25H25N3O3. The van der Waals surface area contributed by atoms with Gasteiger partial charge in [-0.05, 0) is 30.2 Å². The molecule has 6 nitrogen and oxygen atoms in total. The SMILES string of the molecule is Cc1ccc(CN(Cc2ccccc2)Cc2nc(C(=O)NCc3ccco3)co2)cc1. The Morgan fingerprint density at radius 2 is 1.65 bits per heavy atom. The topological polar surface area (TPSA) is 71.5 Å². The molecule has 2 aromatic carbocycles. The van der Waals surface area contributed by atoms with E-state index in [0.29, 0.717) is 24.7 Å². The summed E-state index contributed by atoms with van der Waals surface area (Å²) < 4.78 is 10.8. The number of aryl methyl sites for hydroxylation is 1. The second-order valence-electron chi connectivity index (χ2n) is 7.50. The number of oxazole rings is 1. The fourth-order valence-corrected chi connectivity index (χ4v) is 3.31. The van der Waals surface area contributed by atoms with Gasteiger partial charge in [-0.2, -0.15) is 0 Å². The van der Waals surface area contributed by atoms with Crippen LogP contribution in [-0.4, -0.2) is 15.8 Å². The van der Waals surface area contributed by atoms with Crippen molar-refractivity contribution in [2.75, 3.05) is 0 Å². The molecule has 31 heavy (non-hydrogen) atoms. The second-order valence-corrected chi connectivity index (χ2v) is 7.50. The summed E-state index contributed by atoms with van der Waals surface area (Å²) in [7, 11) is 0. The van der Waals surface area contributed by atoms with E-state index in [2.05, 4.69) is 58.5 Å². The van der Waals surface area contributed by atoms with Crippen LogP contribution in [0.15, 0.2) is 88.1 Å². The number of benzene rings is 2. The van der Waals surface area contributed by atoms with Gasteiger partial charge in [0.05, 0.1) is 19.4 Å².